The normalized spacial score (nSPS) is 11.1. The Morgan fingerprint density at radius 3 is 2.53 bits per heavy atom. The van der Waals surface area contributed by atoms with Gasteiger partial charge in [-0.1, -0.05) is 48.5 Å². The molecule has 0 aliphatic heterocycles. The Morgan fingerprint density at radius 1 is 0.974 bits per heavy atom. The number of rotatable bonds is 10. The third-order valence-corrected chi connectivity index (χ3v) is 7.73. The van der Waals surface area contributed by atoms with Gasteiger partial charge in [-0.3, -0.25) is 19.8 Å². The van der Waals surface area contributed by atoms with Crippen LogP contribution in [0.3, 0.4) is 0 Å². The summed E-state index contributed by atoms with van der Waals surface area (Å²) >= 11 is 1.32. The Labute approximate surface area is 224 Å². The van der Waals surface area contributed by atoms with Crippen molar-refractivity contribution in [2.45, 2.75) is 25.8 Å². The minimum absolute atomic E-state index is 0.0476. The number of pyridine rings is 1. The van der Waals surface area contributed by atoms with Gasteiger partial charge in [0.15, 0.2) is 0 Å². The van der Waals surface area contributed by atoms with Gasteiger partial charge >= 0.3 is 0 Å². The van der Waals surface area contributed by atoms with Gasteiger partial charge in [-0.25, -0.2) is 5.48 Å². The summed E-state index contributed by atoms with van der Waals surface area (Å²) in [5, 5.41) is 10.1. The molecule has 0 atom stereocenters. The van der Waals surface area contributed by atoms with E-state index in [1.807, 2.05) is 48.5 Å². The zero-order valence-corrected chi connectivity index (χ0v) is 21.6. The van der Waals surface area contributed by atoms with Gasteiger partial charge in [-0.15, -0.1) is 11.3 Å². The van der Waals surface area contributed by atoms with Gasteiger partial charge in [0.05, 0.1) is 11.3 Å². The van der Waals surface area contributed by atoms with Crippen molar-refractivity contribution < 1.29 is 14.8 Å². The number of carbonyl (C=O) groups is 2. The third-order valence-electron chi connectivity index (χ3n) is 6.50. The van der Waals surface area contributed by atoms with E-state index in [1.165, 1.54) is 11.3 Å². The van der Waals surface area contributed by atoms with Gasteiger partial charge in [0.25, 0.3) is 0 Å². The molecule has 3 aromatic heterocycles. The summed E-state index contributed by atoms with van der Waals surface area (Å²) in [6.07, 6.45) is 5.18. The van der Waals surface area contributed by atoms with Gasteiger partial charge in [-0.2, -0.15) is 0 Å². The number of hydrogen-bond acceptors (Lipinski definition) is 6. The maximum absolute atomic E-state index is 13.7. The number of hydroxylamine groups is 1. The van der Waals surface area contributed by atoms with Crippen molar-refractivity contribution in [2.24, 2.45) is 5.73 Å². The molecule has 0 fully saturated rings. The Kier molecular flexibility index (Phi) is 7.74. The second-order valence-corrected chi connectivity index (χ2v) is 10.1. The van der Waals surface area contributed by atoms with Gasteiger partial charge in [0.2, 0.25) is 11.7 Å². The molecule has 4 N–H and O–H groups in total. The fourth-order valence-corrected chi connectivity index (χ4v) is 5.80. The van der Waals surface area contributed by atoms with Crippen molar-refractivity contribution in [3.8, 4) is 21.7 Å². The number of aromatic nitrogens is 2. The highest BCUT2D eigenvalue weighted by atomic mass is 32.1. The van der Waals surface area contributed by atoms with Crippen molar-refractivity contribution in [2.75, 3.05) is 6.54 Å². The van der Waals surface area contributed by atoms with E-state index in [0.29, 0.717) is 22.5 Å². The second kappa shape index (κ2) is 11.5. The van der Waals surface area contributed by atoms with Crippen molar-refractivity contribution in [1.29, 1.82) is 0 Å². The molecular formula is C30H28N4O3S. The van der Waals surface area contributed by atoms with E-state index >= 15 is 0 Å². The number of amides is 1. The molecule has 2 aromatic carbocycles. The molecule has 5 rings (SSSR count). The molecule has 7 nitrogen and oxygen atoms in total. The first-order chi connectivity index (χ1) is 18.6. The molecule has 192 valence electrons. The smallest absolute Gasteiger partial charge is 0.247 e. The SMILES string of the molecule is NCCCCn1c(-c2ccccc2)cc2ccc(C(=O)c3cc(CC(=O)NO)c(-c4cccnc4)s3)cc21. The summed E-state index contributed by atoms with van der Waals surface area (Å²) < 4.78 is 2.27. The highest BCUT2D eigenvalue weighted by Gasteiger charge is 2.20. The first kappa shape index (κ1) is 25.5. The van der Waals surface area contributed by atoms with E-state index in [9.17, 15) is 9.59 Å². The summed E-state index contributed by atoms with van der Waals surface area (Å²) in [4.78, 5) is 31.1. The molecule has 0 unspecified atom stereocenters. The lowest BCUT2D eigenvalue weighted by atomic mass is 10.0. The van der Waals surface area contributed by atoms with E-state index in [4.69, 9.17) is 10.9 Å². The number of unbranched alkanes of at least 4 members (excludes halogenated alkanes) is 1. The molecule has 0 bridgehead atoms. The van der Waals surface area contributed by atoms with Crippen LogP contribution in [0.1, 0.15) is 33.6 Å². The van der Waals surface area contributed by atoms with Crippen LogP contribution in [0.5, 0.6) is 0 Å². The van der Waals surface area contributed by atoms with Crippen LogP contribution < -0.4 is 11.2 Å². The van der Waals surface area contributed by atoms with Gasteiger partial charge in [0, 0.05) is 51.5 Å². The summed E-state index contributed by atoms with van der Waals surface area (Å²) in [5.41, 5.74) is 12.7. The van der Waals surface area contributed by atoms with Crippen molar-refractivity contribution in [1.82, 2.24) is 15.0 Å². The highest BCUT2D eigenvalue weighted by molar-refractivity contribution is 7.17. The standard InChI is InChI=1S/C30H28N4O3S/c31-12-4-5-14-34-25(20-7-2-1-3-8-20)15-21-10-11-22(16-26(21)34)29(36)27-17-24(18-28(35)33-37)30(38-27)23-9-6-13-32-19-23/h1-3,6-11,13,15-17,19,37H,4-5,12,14,18,31H2,(H,33,35). The first-order valence-corrected chi connectivity index (χ1v) is 13.3. The number of benzene rings is 2. The van der Waals surface area contributed by atoms with Gasteiger partial charge < -0.3 is 10.3 Å². The van der Waals surface area contributed by atoms with Crippen LogP contribution in [0.15, 0.2) is 85.2 Å². The Balaban J connectivity index is 1.56. The fourth-order valence-electron chi connectivity index (χ4n) is 4.67. The Morgan fingerprint density at radius 2 is 1.79 bits per heavy atom. The van der Waals surface area contributed by atoms with Crippen LogP contribution in [-0.4, -0.2) is 33.0 Å². The number of carbonyl (C=O) groups excluding carboxylic acids is 2. The molecule has 3 heterocycles. The molecule has 0 aliphatic rings. The quantitative estimate of drug-likeness (QED) is 0.0974. The van der Waals surface area contributed by atoms with Crippen molar-refractivity contribution >= 4 is 33.9 Å². The summed E-state index contributed by atoms with van der Waals surface area (Å²) in [6.45, 7) is 1.44. The first-order valence-electron chi connectivity index (χ1n) is 12.5. The number of nitrogens with one attached hydrogen (secondary N) is 1. The summed E-state index contributed by atoms with van der Waals surface area (Å²) in [5.74, 6) is -0.661. The number of ketones is 1. The number of aryl methyl sites for hydroxylation is 1. The number of nitrogens with two attached hydrogens (primary N) is 1. The molecule has 0 saturated heterocycles. The molecule has 38 heavy (non-hydrogen) atoms. The van der Waals surface area contributed by atoms with E-state index in [2.05, 4.69) is 27.8 Å². The zero-order valence-electron chi connectivity index (χ0n) is 20.8. The van der Waals surface area contributed by atoms with Crippen LogP contribution in [-0.2, 0) is 17.8 Å². The van der Waals surface area contributed by atoms with Crippen LogP contribution in [0.25, 0.3) is 32.6 Å². The van der Waals surface area contributed by atoms with Crippen molar-refractivity contribution in [3.63, 3.8) is 0 Å². The number of nitrogens with zero attached hydrogens (tertiary/aromatic N) is 2. The van der Waals surface area contributed by atoms with Gasteiger partial charge in [-0.05, 0) is 54.8 Å². The van der Waals surface area contributed by atoms with E-state index < -0.39 is 5.91 Å². The Hall–Kier alpha value is -4.11. The third kappa shape index (κ3) is 5.28. The zero-order chi connectivity index (χ0) is 26.5. The maximum atomic E-state index is 13.7. The van der Waals surface area contributed by atoms with E-state index in [1.54, 1.807) is 23.9 Å². The number of fused-ring (bicyclic) bond motifs is 1. The predicted molar refractivity (Wildman–Crippen MR) is 150 cm³/mol. The minimum atomic E-state index is -0.544. The van der Waals surface area contributed by atoms with E-state index in [0.717, 1.165) is 52.0 Å². The number of hydrogen-bond donors (Lipinski definition) is 3. The average Bonchev–Trinajstić information content (AvgIpc) is 3.55. The van der Waals surface area contributed by atoms with Crippen LogP contribution in [0.2, 0.25) is 0 Å². The van der Waals surface area contributed by atoms with Gasteiger partial charge in [0.1, 0.15) is 0 Å². The highest BCUT2D eigenvalue weighted by Crippen LogP contribution is 2.35. The average molecular weight is 525 g/mol. The Bertz CT molecular complexity index is 1580. The lowest BCUT2D eigenvalue weighted by molar-refractivity contribution is -0.128. The van der Waals surface area contributed by atoms with Crippen LogP contribution in [0.4, 0.5) is 0 Å². The fraction of sp³-hybridized carbons (Fsp3) is 0.167. The summed E-state index contributed by atoms with van der Waals surface area (Å²) in [7, 11) is 0. The van der Waals surface area contributed by atoms with Crippen LogP contribution >= 0.6 is 11.3 Å². The lowest BCUT2D eigenvalue weighted by Crippen LogP contribution is -2.20. The predicted octanol–water partition coefficient (Wildman–Crippen LogP) is 5.45. The number of thiophene rings is 1. The maximum Gasteiger partial charge on any atom is 0.247 e. The topological polar surface area (TPSA) is 110 Å². The molecule has 1 amide bonds. The molecule has 0 radical (unpaired) electrons. The van der Waals surface area contributed by atoms with E-state index in [-0.39, 0.29) is 12.2 Å². The molecule has 0 aliphatic carbocycles. The summed E-state index contributed by atoms with van der Waals surface area (Å²) in [6, 6.07) is 23.6. The monoisotopic (exact) mass is 524 g/mol. The largest absolute Gasteiger partial charge is 0.340 e. The second-order valence-electron chi connectivity index (χ2n) is 9.06. The molecular weight excluding hydrogens is 496 g/mol. The molecule has 0 spiro atoms. The molecule has 5 aromatic rings. The minimum Gasteiger partial charge on any atom is -0.340 e. The van der Waals surface area contributed by atoms with Crippen molar-refractivity contribution in [3.05, 3.63) is 101 Å². The molecule has 0 saturated carbocycles. The van der Waals surface area contributed by atoms with Crippen LogP contribution in [0, 0.1) is 0 Å². The lowest BCUT2D eigenvalue weighted by Gasteiger charge is -2.11. The molecule has 8 heteroatoms.